The Morgan fingerprint density at radius 3 is 1.30 bits per heavy atom. The number of aliphatic hydroxyl groups excluding tert-OH is 2. The third-order valence-electron chi connectivity index (χ3n) is 18.4. The maximum absolute atomic E-state index is 13.3. The SMILES string of the molecule is COc1ccc2nccc([C@@H](O)CN3CCC(N(Cc4ccccc4)Cc4ccccc4)CC3=O)c2c1.COc1ccc2nccc([C@@H](O)CN3CCC(N)CC3=O)c2c1.COc1ccc2nccc([C@@H]3CO3)c2c1.O=C1CC(N(Cc2ccccc2)Cc2ccccc2)CCN1. The zero-order valence-corrected chi connectivity index (χ0v) is 55.4. The van der Waals surface area contributed by atoms with Crippen LogP contribution in [0.5, 0.6) is 17.2 Å². The number of carbonyl (C=O) groups is 3. The second-order valence-corrected chi connectivity index (χ2v) is 25.0. The summed E-state index contributed by atoms with van der Waals surface area (Å²) in [7, 11) is 4.89. The minimum atomic E-state index is -0.803. The summed E-state index contributed by atoms with van der Waals surface area (Å²) in [6.07, 6.45) is 7.91. The molecule has 3 unspecified atom stereocenters. The van der Waals surface area contributed by atoms with Gasteiger partial charge in [-0.25, -0.2) is 0 Å². The molecule has 18 nitrogen and oxygen atoms in total. The highest BCUT2D eigenvalue weighted by Crippen LogP contribution is 2.36. The van der Waals surface area contributed by atoms with E-state index in [-0.39, 0.29) is 49.0 Å². The van der Waals surface area contributed by atoms with Gasteiger partial charge in [0, 0.05) is 118 Å². The Labute approximate surface area is 567 Å². The molecule has 4 fully saturated rings. The maximum Gasteiger partial charge on any atom is 0.224 e. The summed E-state index contributed by atoms with van der Waals surface area (Å²) < 4.78 is 21.1. The predicted octanol–water partition coefficient (Wildman–Crippen LogP) is 11.5. The Kier molecular flexibility index (Phi) is 24.0. The van der Waals surface area contributed by atoms with Crippen LogP contribution in [-0.4, -0.2) is 141 Å². The van der Waals surface area contributed by atoms with Gasteiger partial charge in [0.1, 0.15) is 23.4 Å². The number of epoxide rings is 1. The lowest BCUT2D eigenvalue weighted by atomic mass is 9.98. The number of amides is 3. The van der Waals surface area contributed by atoms with Gasteiger partial charge in [-0.2, -0.15) is 0 Å². The number of nitrogens with zero attached hydrogens (tertiary/aromatic N) is 7. The first-order chi connectivity index (χ1) is 47.4. The first kappa shape index (κ1) is 68.7. The van der Waals surface area contributed by atoms with Crippen molar-refractivity contribution in [3.8, 4) is 17.2 Å². The summed E-state index contributed by atoms with van der Waals surface area (Å²) in [6.45, 7) is 6.68. The number of fused-ring (bicyclic) bond motifs is 3. The van der Waals surface area contributed by atoms with Gasteiger partial charge in [0.2, 0.25) is 17.7 Å². The van der Waals surface area contributed by atoms with Gasteiger partial charge in [-0.15, -0.1) is 0 Å². The van der Waals surface area contributed by atoms with Crippen molar-refractivity contribution in [2.24, 2.45) is 5.73 Å². The fourth-order valence-corrected chi connectivity index (χ4v) is 13.0. The Morgan fingerprint density at radius 2 is 0.897 bits per heavy atom. The van der Waals surface area contributed by atoms with Crippen LogP contribution in [0.3, 0.4) is 0 Å². The van der Waals surface area contributed by atoms with Gasteiger partial charge in [-0.3, -0.25) is 39.1 Å². The average molecular weight is 1310 g/mol. The molecule has 4 saturated heterocycles. The number of nitrogens with two attached hydrogens (primary N) is 1. The molecule has 4 aliphatic heterocycles. The van der Waals surface area contributed by atoms with Crippen LogP contribution in [0, 0.1) is 0 Å². The van der Waals surface area contributed by atoms with E-state index in [2.05, 4.69) is 127 Å². The molecule has 0 spiro atoms. The lowest BCUT2D eigenvalue weighted by Gasteiger charge is -2.39. The van der Waals surface area contributed by atoms with Gasteiger partial charge in [0.15, 0.2) is 0 Å². The monoisotopic (exact) mass is 1310 g/mol. The van der Waals surface area contributed by atoms with Crippen LogP contribution in [0.15, 0.2) is 213 Å². The van der Waals surface area contributed by atoms with E-state index in [9.17, 15) is 24.6 Å². The van der Waals surface area contributed by atoms with Crippen LogP contribution in [0.25, 0.3) is 32.7 Å². The number of β-amino-alcohol motifs (C(OH)–C–C–N with tert-alkyl or cyclic N) is 2. The van der Waals surface area contributed by atoms with Crippen molar-refractivity contribution in [2.45, 2.75) is 101 Å². The Balaban J connectivity index is 0.000000138. The zero-order chi connectivity index (χ0) is 67.5. The van der Waals surface area contributed by atoms with Crippen LogP contribution in [-0.2, 0) is 45.3 Å². The van der Waals surface area contributed by atoms with Crippen molar-refractivity contribution in [1.29, 1.82) is 0 Å². The molecule has 3 aromatic heterocycles. The zero-order valence-electron chi connectivity index (χ0n) is 55.4. The van der Waals surface area contributed by atoms with Gasteiger partial charge >= 0.3 is 0 Å². The molecule has 4 aliphatic rings. The van der Waals surface area contributed by atoms with Crippen LogP contribution >= 0.6 is 0 Å². The van der Waals surface area contributed by atoms with Gasteiger partial charge in [0.05, 0.1) is 69.8 Å². The third kappa shape index (κ3) is 18.9. The fraction of sp³-hybridized carbons (Fsp3) is 0.316. The van der Waals surface area contributed by atoms with E-state index in [4.69, 9.17) is 24.7 Å². The normalized spacial score (nSPS) is 18.2. The minimum absolute atomic E-state index is 0.00116. The summed E-state index contributed by atoms with van der Waals surface area (Å²) in [5.41, 5.74) is 16.2. The van der Waals surface area contributed by atoms with E-state index in [1.807, 2.05) is 97.2 Å². The molecule has 7 heterocycles. The van der Waals surface area contributed by atoms with Crippen LogP contribution < -0.4 is 25.3 Å². The molecule has 6 atom stereocenters. The largest absolute Gasteiger partial charge is 0.497 e. The highest BCUT2D eigenvalue weighted by Gasteiger charge is 2.33. The first-order valence-electron chi connectivity index (χ1n) is 33.4. The van der Waals surface area contributed by atoms with Crippen LogP contribution in [0.1, 0.15) is 95.8 Å². The molecule has 0 bridgehead atoms. The Morgan fingerprint density at radius 1 is 0.505 bits per heavy atom. The van der Waals surface area contributed by atoms with E-state index in [0.29, 0.717) is 49.9 Å². The van der Waals surface area contributed by atoms with Gasteiger partial charge in [-0.05, 0) is 131 Å². The molecule has 5 N–H and O–H groups in total. The number of rotatable bonds is 20. The summed E-state index contributed by atoms with van der Waals surface area (Å²) in [4.78, 5) is 58.4. The van der Waals surface area contributed by atoms with Crippen molar-refractivity contribution in [3.05, 3.63) is 252 Å². The van der Waals surface area contributed by atoms with Crippen molar-refractivity contribution in [2.75, 3.05) is 60.7 Å². The summed E-state index contributed by atoms with van der Waals surface area (Å²) >= 11 is 0. The Hall–Kier alpha value is -9.66. The van der Waals surface area contributed by atoms with Gasteiger partial charge < -0.3 is 50.0 Å². The number of ether oxygens (including phenoxy) is 4. The standard InChI is InChI=1S/C31H33N3O3.C19H22N2O.C17H21N3O3.C12H11NO2/c1-37-26-12-13-29-28(19-26)27(14-16-32-29)30(35)22-33-17-15-25(18-31(33)36)34(20-23-8-4-2-5-9-23)21-24-10-6-3-7-11-24;22-19-13-18(11-12-20-19)21(14-16-7-3-1-4-8-16)15-17-9-5-2-6-10-17;1-23-12-2-3-15-14(9-12)13(4-6-19-15)16(21)10-20-7-5-11(18)8-17(20)22;1-14-8-2-3-11-10(6-8)9(4-5-13-11)12-7-15-12/h2-14,16,19,25,30,35H,15,17-18,20-22H2,1H3;1-10,18H,11-15H2,(H,20,22);2-4,6,9,11,16,21H,5,7-8,10,18H2,1H3;2-6,12H,7H2,1H3/t25?,30-;;11?,16-;12-/m0.00/s1. The average Bonchev–Trinajstić information content (AvgIpc) is 1.82. The van der Waals surface area contributed by atoms with E-state index >= 15 is 0 Å². The second-order valence-electron chi connectivity index (χ2n) is 25.0. The van der Waals surface area contributed by atoms with Gasteiger partial charge in [-0.1, -0.05) is 121 Å². The summed E-state index contributed by atoms with van der Waals surface area (Å²) in [5, 5.41) is 27.5. The molecule has 3 amide bonds. The van der Waals surface area contributed by atoms with E-state index < -0.39 is 12.2 Å². The smallest absolute Gasteiger partial charge is 0.224 e. The highest BCUT2D eigenvalue weighted by molar-refractivity contribution is 5.86. The second kappa shape index (κ2) is 33.8. The molecule has 97 heavy (non-hydrogen) atoms. The van der Waals surface area contributed by atoms with E-state index in [1.165, 1.54) is 27.8 Å². The van der Waals surface area contributed by atoms with Crippen molar-refractivity contribution in [1.82, 2.24) is 39.9 Å². The van der Waals surface area contributed by atoms with E-state index in [0.717, 1.165) is 108 Å². The number of hydrogen-bond donors (Lipinski definition) is 4. The number of carbonyl (C=O) groups excluding carboxylic acids is 3. The molecule has 14 rings (SSSR count). The van der Waals surface area contributed by atoms with Crippen molar-refractivity contribution < 1.29 is 43.5 Å². The number of aliphatic hydroxyl groups is 2. The molecule has 0 saturated carbocycles. The molecule has 7 aromatic carbocycles. The minimum Gasteiger partial charge on any atom is -0.497 e. The van der Waals surface area contributed by atoms with E-state index in [1.54, 1.807) is 49.6 Å². The number of hydrogen-bond acceptors (Lipinski definition) is 15. The molecule has 0 radical (unpaired) electrons. The Bertz CT molecular complexity index is 4110. The summed E-state index contributed by atoms with van der Waals surface area (Å²) in [5.74, 6) is 2.53. The number of aromatic nitrogens is 3. The number of methoxy groups -OCH3 is 3. The quantitative estimate of drug-likeness (QED) is 0.0521. The molecule has 10 aromatic rings. The maximum atomic E-state index is 13.3. The molecule has 502 valence electrons. The number of piperidine rings is 3. The lowest BCUT2D eigenvalue weighted by molar-refractivity contribution is -0.137. The predicted molar refractivity (Wildman–Crippen MR) is 377 cm³/mol. The number of benzene rings is 7. The molecule has 18 heteroatoms. The van der Waals surface area contributed by atoms with Crippen LogP contribution in [0.2, 0.25) is 0 Å². The van der Waals surface area contributed by atoms with Gasteiger partial charge in [0.25, 0.3) is 0 Å². The molecular formula is C79H87N9O9. The number of pyridine rings is 3. The number of nitrogens with one attached hydrogen (secondary N) is 1. The topological polar surface area (TPSA) is 222 Å². The number of likely N-dealkylation sites (tertiary alicyclic amines) is 2. The third-order valence-corrected chi connectivity index (χ3v) is 18.4. The van der Waals surface area contributed by atoms with Crippen molar-refractivity contribution >= 4 is 50.4 Å². The van der Waals surface area contributed by atoms with Crippen LogP contribution in [0.4, 0.5) is 0 Å². The first-order valence-corrected chi connectivity index (χ1v) is 33.4. The molecular weight excluding hydrogens is 1220 g/mol. The lowest BCUT2D eigenvalue weighted by Crippen LogP contribution is -2.48. The van der Waals surface area contributed by atoms with Crippen molar-refractivity contribution in [3.63, 3.8) is 0 Å². The fourth-order valence-electron chi connectivity index (χ4n) is 13.0. The molecule has 0 aliphatic carbocycles. The highest BCUT2D eigenvalue weighted by atomic mass is 16.6. The summed E-state index contributed by atoms with van der Waals surface area (Å²) in [6, 6.07) is 64.9.